The molecule has 4 rings (SSSR count). The molecule has 0 aromatic heterocycles. The number of nitrogens with zero attached hydrogens (tertiary/aromatic N) is 3. The lowest BCUT2D eigenvalue weighted by Gasteiger charge is -2.61. The lowest BCUT2D eigenvalue weighted by Crippen LogP contribution is -2.56. The first-order valence-corrected chi connectivity index (χ1v) is 13.0. The second kappa shape index (κ2) is 8.58. The molecule has 0 aliphatic heterocycles. The Balaban J connectivity index is 1.43. The Morgan fingerprint density at radius 1 is 1.03 bits per heavy atom. The summed E-state index contributed by atoms with van der Waals surface area (Å²) in [6.45, 7) is 6.12. The fraction of sp³-hybridized carbons (Fsp3) is 0.926. The van der Waals surface area contributed by atoms with E-state index >= 15 is 0 Å². The topological polar surface area (TPSA) is 53.3 Å². The van der Waals surface area contributed by atoms with E-state index in [9.17, 15) is 10.1 Å². The van der Waals surface area contributed by atoms with Crippen LogP contribution in [0.5, 0.6) is 0 Å². The maximum Gasteiger partial charge on any atom is 0.362 e. The zero-order valence-corrected chi connectivity index (χ0v) is 21.4. The molecule has 0 bridgehead atoms. The molecule has 4 aliphatic rings. The fourth-order valence-electron chi connectivity index (χ4n) is 8.85. The van der Waals surface area contributed by atoms with Crippen LogP contribution >= 0.6 is 0 Å². The second-order valence-electron chi connectivity index (χ2n) is 13.2. The first kappa shape index (κ1) is 24.0. The maximum absolute atomic E-state index is 12.4. The first-order valence-electron chi connectivity index (χ1n) is 13.0. The summed E-state index contributed by atoms with van der Waals surface area (Å²) in [5.41, 5.74) is 0.776. The Bertz CT molecular complexity index is 755. The molecule has 0 spiro atoms. The van der Waals surface area contributed by atoms with Crippen LogP contribution in [0.15, 0.2) is 0 Å². The predicted molar refractivity (Wildman–Crippen MR) is 127 cm³/mol. The van der Waals surface area contributed by atoms with Crippen LogP contribution in [-0.2, 0) is 9.53 Å². The van der Waals surface area contributed by atoms with Gasteiger partial charge < -0.3 is 9.22 Å². The molecule has 0 heterocycles. The monoisotopic (exact) mass is 444 g/mol. The van der Waals surface area contributed by atoms with Crippen molar-refractivity contribution in [1.82, 2.24) is 4.90 Å². The van der Waals surface area contributed by atoms with Gasteiger partial charge in [0.05, 0.1) is 33.8 Å². The summed E-state index contributed by atoms with van der Waals surface area (Å²) in [5, 5.41) is 9.24. The quantitative estimate of drug-likeness (QED) is 0.357. The molecular weight excluding hydrogens is 398 g/mol. The van der Waals surface area contributed by atoms with Gasteiger partial charge in [0.1, 0.15) is 6.10 Å². The minimum Gasteiger partial charge on any atom is -0.458 e. The minimum absolute atomic E-state index is 0.0355. The van der Waals surface area contributed by atoms with Crippen LogP contribution in [0.1, 0.15) is 71.6 Å². The SMILES string of the molecule is CN(CC#N)[C@H]1CC[C@@H]2[C@@H]3CC[C@H]4C[C@H](OC(=O)C[N+](C)(C)C)CC[C@]4(C)[C@H]3CC[C@]21C. The van der Waals surface area contributed by atoms with Crippen LogP contribution in [0.25, 0.3) is 0 Å². The number of ether oxygens (including phenoxy) is 1. The summed E-state index contributed by atoms with van der Waals surface area (Å²) in [6.07, 6.45) is 11.3. The summed E-state index contributed by atoms with van der Waals surface area (Å²) in [4.78, 5) is 14.8. The zero-order valence-electron chi connectivity index (χ0n) is 21.4. The molecule has 4 saturated carbocycles. The van der Waals surface area contributed by atoms with Gasteiger partial charge in [0.2, 0.25) is 0 Å². The molecule has 180 valence electrons. The normalized spacial score (nSPS) is 43.7. The van der Waals surface area contributed by atoms with Crippen LogP contribution in [0.4, 0.5) is 0 Å². The highest BCUT2D eigenvalue weighted by atomic mass is 16.5. The van der Waals surface area contributed by atoms with Gasteiger partial charge in [0.25, 0.3) is 0 Å². The van der Waals surface area contributed by atoms with Crippen LogP contribution in [0, 0.1) is 45.8 Å². The lowest BCUT2D eigenvalue weighted by molar-refractivity contribution is -0.862. The van der Waals surface area contributed by atoms with Gasteiger partial charge >= 0.3 is 5.97 Å². The molecule has 0 aromatic carbocycles. The Morgan fingerprint density at radius 2 is 1.72 bits per heavy atom. The molecule has 0 saturated heterocycles. The van der Waals surface area contributed by atoms with E-state index in [1.54, 1.807) is 0 Å². The minimum atomic E-state index is -0.0355. The lowest BCUT2D eigenvalue weighted by atomic mass is 9.45. The van der Waals surface area contributed by atoms with E-state index in [1.165, 1.54) is 44.9 Å². The summed E-state index contributed by atoms with van der Waals surface area (Å²) >= 11 is 0. The van der Waals surface area contributed by atoms with Crippen molar-refractivity contribution in [3.8, 4) is 6.07 Å². The number of esters is 1. The Labute approximate surface area is 196 Å². The summed E-state index contributed by atoms with van der Waals surface area (Å²) in [7, 11) is 8.29. The second-order valence-corrected chi connectivity index (χ2v) is 13.2. The third kappa shape index (κ3) is 4.23. The smallest absolute Gasteiger partial charge is 0.362 e. The molecule has 4 fully saturated rings. The van der Waals surface area contributed by atoms with Crippen molar-refractivity contribution in [2.45, 2.75) is 83.8 Å². The molecule has 0 radical (unpaired) electrons. The van der Waals surface area contributed by atoms with E-state index in [4.69, 9.17) is 4.74 Å². The highest BCUT2D eigenvalue weighted by Crippen LogP contribution is 2.66. The van der Waals surface area contributed by atoms with E-state index in [0.29, 0.717) is 40.4 Å². The molecule has 5 nitrogen and oxygen atoms in total. The number of rotatable bonds is 5. The standard InChI is InChI=1S/C27H46N3O2/c1-26-13-11-20(32-25(31)18-30(4,5)6)17-19(26)7-8-21-22-9-10-24(29(3)16-15-28)27(22,2)14-12-23(21)26/h19-24H,7-14,16-18H2,1-6H3/q+1/t19-,20+,21-,22+,23-,24-,26-,27+/m0/s1. The number of hydrogen-bond donors (Lipinski definition) is 0. The van der Waals surface area contributed by atoms with Crippen LogP contribution in [-0.4, -0.2) is 68.8 Å². The van der Waals surface area contributed by atoms with E-state index in [1.807, 2.05) is 21.1 Å². The zero-order chi connectivity index (χ0) is 23.3. The molecule has 4 aliphatic carbocycles. The van der Waals surface area contributed by atoms with Gasteiger partial charge in [-0.25, -0.2) is 4.79 Å². The number of likely N-dealkylation sites (N-methyl/N-ethyl adjacent to an activating group) is 1. The Kier molecular flexibility index (Phi) is 6.44. The van der Waals surface area contributed by atoms with Crippen molar-refractivity contribution >= 4 is 5.97 Å². The van der Waals surface area contributed by atoms with E-state index in [-0.39, 0.29) is 12.1 Å². The average molecular weight is 445 g/mol. The molecule has 0 N–H and O–H groups in total. The number of quaternary nitrogens is 1. The third-order valence-corrected chi connectivity index (χ3v) is 10.3. The van der Waals surface area contributed by atoms with Crippen LogP contribution in [0.2, 0.25) is 0 Å². The Morgan fingerprint density at radius 3 is 2.41 bits per heavy atom. The van der Waals surface area contributed by atoms with Crippen LogP contribution in [0.3, 0.4) is 0 Å². The van der Waals surface area contributed by atoms with Gasteiger partial charge in [-0.05, 0) is 99.3 Å². The fourth-order valence-corrected chi connectivity index (χ4v) is 8.85. The summed E-state index contributed by atoms with van der Waals surface area (Å²) in [6, 6.07) is 2.94. The van der Waals surface area contributed by atoms with Crippen molar-refractivity contribution in [3.05, 3.63) is 0 Å². The van der Waals surface area contributed by atoms with Crippen molar-refractivity contribution in [2.24, 2.45) is 34.5 Å². The molecule has 0 aromatic rings. The summed E-state index contributed by atoms with van der Waals surface area (Å²) in [5.74, 6) is 3.13. The van der Waals surface area contributed by atoms with Crippen molar-refractivity contribution in [1.29, 1.82) is 5.26 Å². The molecule has 8 atom stereocenters. The van der Waals surface area contributed by atoms with Gasteiger partial charge in [-0.1, -0.05) is 13.8 Å². The van der Waals surface area contributed by atoms with Crippen LogP contribution < -0.4 is 0 Å². The number of nitriles is 1. The molecule has 0 amide bonds. The molecule has 32 heavy (non-hydrogen) atoms. The number of fused-ring (bicyclic) bond motifs is 5. The average Bonchev–Trinajstić information content (AvgIpc) is 3.04. The predicted octanol–water partition coefficient (Wildman–Crippen LogP) is 4.47. The summed E-state index contributed by atoms with van der Waals surface area (Å²) < 4.78 is 6.59. The molecular formula is C27H46N3O2+. The number of hydrogen-bond acceptors (Lipinski definition) is 4. The third-order valence-electron chi connectivity index (χ3n) is 10.3. The number of carbonyl (C=O) groups excluding carboxylic acids is 1. The molecule has 0 unspecified atom stereocenters. The largest absolute Gasteiger partial charge is 0.458 e. The van der Waals surface area contributed by atoms with Gasteiger partial charge in [0, 0.05) is 6.04 Å². The maximum atomic E-state index is 12.4. The van der Waals surface area contributed by atoms with E-state index in [0.717, 1.165) is 30.6 Å². The Hall–Kier alpha value is -1.12. The van der Waals surface area contributed by atoms with Gasteiger partial charge in [-0.2, -0.15) is 5.26 Å². The van der Waals surface area contributed by atoms with Gasteiger partial charge in [-0.15, -0.1) is 0 Å². The highest BCUT2D eigenvalue weighted by Gasteiger charge is 2.60. The number of carbonyl (C=O) groups is 1. The van der Waals surface area contributed by atoms with Crippen molar-refractivity contribution in [2.75, 3.05) is 41.3 Å². The molecule has 5 heteroatoms. The van der Waals surface area contributed by atoms with Gasteiger partial charge in [-0.3, -0.25) is 4.90 Å². The van der Waals surface area contributed by atoms with Gasteiger partial charge in [0.15, 0.2) is 6.54 Å². The van der Waals surface area contributed by atoms with E-state index < -0.39 is 0 Å². The first-order chi connectivity index (χ1) is 15.0. The van der Waals surface area contributed by atoms with Crippen molar-refractivity contribution in [3.63, 3.8) is 0 Å². The van der Waals surface area contributed by atoms with E-state index in [2.05, 4.69) is 31.9 Å². The van der Waals surface area contributed by atoms with Crippen molar-refractivity contribution < 1.29 is 14.0 Å². The highest BCUT2D eigenvalue weighted by molar-refractivity contribution is 5.70.